The third kappa shape index (κ3) is 4.64. The van der Waals surface area contributed by atoms with Crippen molar-refractivity contribution < 1.29 is 44.0 Å². The SMILES string of the molecule is CCC(CC(C)C(O)(C(F)(F)F)C(F)(F)F)CC1CC(C)(C)OS1(=O)=O. The molecule has 26 heavy (non-hydrogen) atoms. The van der Waals surface area contributed by atoms with Gasteiger partial charge in [-0.05, 0) is 39.0 Å². The second kappa shape index (κ2) is 7.12. The maximum Gasteiger partial charge on any atom is 0.426 e. The maximum atomic E-state index is 12.9. The van der Waals surface area contributed by atoms with Gasteiger partial charge in [0.15, 0.2) is 0 Å². The van der Waals surface area contributed by atoms with Crippen LogP contribution >= 0.6 is 0 Å². The molecule has 0 radical (unpaired) electrons. The molecule has 156 valence electrons. The summed E-state index contributed by atoms with van der Waals surface area (Å²) in [6, 6.07) is 0. The summed E-state index contributed by atoms with van der Waals surface area (Å²) in [4.78, 5) is 0. The minimum Gasteiger partial charge on any atom is -0.373 e. The molecule has 0 aromatic rings. The summed E-state index contributed by atoms with van der Waals surface area (Å²) in [5.41, 5.74) is -5.82. The Labute approximate surface area is 149 Å². The Bertz CT molecular complexity index is 582. The van der Waals surface area contributed by atoms with Gasteiger partial charge in [0.05, 0.1) is 10.9 Å². The first-order valence-corrected chi connectivity index (χ1v) is 9.64. The summed E-state index contributed by atoms with van der Waals surface area (Å²) in [6.07, 6.45) is -12.3. The highest BCUT2D eigenvalue weighted by Gasteiger charge is 2.72. The average Bonchev–Trinajstić information content (AvgIpc) is 2.61. The molecule has 0 aromatic carbocycles. The fourth-order valence-corrected chi connectivity index (χ4v) is 5.41. The fraction of sp³-hybridized carbons (Fsp3) is 1.00. The van der Waals surface area contributed by atoms with E-state index < -0.39 is 57.2 Å². The van der Waals surface area contributed by atoms with Crippen LogP contribution in [-0.2, 0) is 14.3 Å². The molecule has 1 fully saturated rings. The maximum absolute atomic E-state index is 12.9. The summed E-state index contributed by atoms with van der Waals surface area (Å²) in [5.74, 6) is -2.94. The van der Waals surface area contributed by atoms with Crippen LogP contribution in [0.4, 0.5) is 26.3 Å². The van der Waals surface area contributed by atoms with Crippen molar-refractivity contribution in [2.75, 3.05) is 0 Å². The van der Waals surface area contributed by atoms with E-state index in [1.54, 1.807) is 20.8 Å². The third-order valence-electron chi connectivity index (χ3n) is 4.91. The smallest absolute Gasteiger partial charge is 0.373 e. The molecule has 1 N–H and O–H groups in total. The van der Waals surface area contributed by atoms with Crippen molar-refractivity contribution in [3.8, 4) is 0 Å². The molecule has 3 atom stereocenters. The lowest BCUT2D eigenvalue weighted by Gasteiger charge is -2.38. The predicted molar refractivity (Wildman–Crippen MR) is 81.7 cm³/mol. The van der Waals surface area contributed by atoms with Gasteiger partial charge < -0.3 is 5.11 Å². The van der Waals surface area contributed by atoms with E-state index in [1.807, 2.05) is 0 Å². The van der Waals surface area contributed by atoms with Crippen molar-refractivity contribution in [2.24, 2.45) is 11.8 Å². The third-order valence-corrected chi connectivity index (χ3v) is 6.77. The van der Waals surface area contributed by atoms with Gasteiger partial charge in [-0.1, -0.05) is 20.3 Å². The Balaban J connectivity index is 3.00. The standard InChI is InChI=1S/C15H24F6O4S/c1-5-10(7-11-8-12(3,4)25-26(11,23)24)6-9(2)13(22,14(16,17)18)15(19,20)21/h9-11,22H,5-8H2,1-4H3. The van der Waals surface area contributed by atoms with E-state index in [4.69, 9.17) is 4.18 Å². The van der Waals surface area contributed by atoms with Crippen LogP contribution in [0.2, 0.25) is 0 Å². The van der Waals surface area contributed by atoms with Crippen molar-refractivity contribution in [3.05, 3.63) is 0 Å². The molecule has 0 aliphatic carbocycles. The summed E-state index contributed by atoms with van der Waals surface area (Å²) in [7, 11) is -3.93. The van der Waals surface area contributed by atoms with Crippen molar-refractivity contribution >= 4 is 10.1 Å². The molecular formula is C15H24F6O4S. The molecular weight excluding hydrogens is 390 g/mol. The number of alkyl halides is 6. The van der Waals surface area contributed by atoms with Gasteiger partial charge in [-0.25, -0.2) is 0 Å². The zero-order valence-corrected chi connectivity index (χ0v) is 15.7. The van der Waals surface area contributed by atoms with E-state index in [0.29, 0.717) is 6.92 Å². The van der Waals surface area contributed by atoms with Gasteiger partial charge in [-0.3, -0.25) is 4.18 Å². The van der Waals surface area contributed by atoms with Gasteiger partial charge in [-0.15, -0.1) is 0 Å². The van der Waals surface area contributed by atoms with Crippen LogP contribution in [0.1, 0.15) is 53.4 Å². The summed E-state index contributed by atoms with van der Waals surface area (Å²) in [5, 5.41) is 8.45. The quantitative estimate of drug-likeness (QED) is 0.523. The zero-order chi connectivity index (χ0) is 20.8. The lowest BCUT2D eigenvalue weighted by Crippen LogP contribution is -2.61. The van der Waals surface area contributed by atoms with Gasteiger partial charge in [0.25, 0.3) is 15.7 Å². The van der Waals surface area contributed by atoms with Crippen LogP contribution in [-0.4, -0.2) is 42.3 Å². The number of halogens is 6. The van der Waals surface area contributed by atoms with Crippen molar-refractivity contribution in [3.63, 3.8) is 0 Å². The predicted octanol–water partition coefficient (Wildman–Crippen LogP) is 4.18. The number of hydrogen-bond acceptors (Lipinski definition) is 4. The summed E-state index contributed by atoms with van der Waals surface area (Å²) >= 11 is 0. The van der Waals surface area contributed by atoms with Crippen LogP contribution in [0.3, 0.4) is 0 Å². The second-order valence-electron chi connectivity index (χ2n) is 7.57. The van der Waals surface area contributed by atoms with Crippen LogP contribution < -0.4 is 0 Å². The number of aliphatic hydroxyl groups is 1. The van der Waals surface area contributed by atoms with E-state index in [2.05, 4.69) is 0 Å². The molecule has 0 saturated carbocycles. The van der Waals surface area contributed by atoms with E-state index in [9.17, 15) is 39.9 Å². The van der Waals surface area contributed by atoms with E-state index in [0.717, 1.165) is 0 Å². The second-order valence-corrected chi connectivity index (χ2v) is 9.39. The van der Waals surface area contributed by atoms with E-state index in [1.165, 1.54) is 0 Å². The molecule has 1 aliphatic rings. The molecule has 1 rings (SSSR count). The number of hydrogen-bond donors (Lipinski definition) is 1. The normalized spacial score (nSPS) is 25.9. The Morgan fingerprint density at radius 1 is 1.15 bits per heavy atom. The van der Waals surface area contributed by atoms with Gasteiger partial charge in [0.2, 0.25) is 0 Å². The van der Waals surface area contributed by atoms with Crippen molar-refractivity contribution in [1.82, 2.24) is 0 Å². The summed E-state index contributed by atoms with van der Waals surface area (Å²) < 4.78 is 107. The molecule has 3 unspecified atom stereocenters. The lowest BCUT2D eigenvalue weighted by molar-refractivity contribution is -0.384. The molecule has 1 saturated heterocycles. The van der Waals surface area contributed by atoms with Crippen LogP contribution in [0.5, 0.6) is 0 Å². The van der Waals surface area contributed by atoms with Gasteiger partial charge in [0, 0.05) is 5.92 Å². The van der Waals surface area contributed by atoms with Crippen LogP contribution in [0.25, 0.3) is 0 Å². The van der Waals surface area contributed by atoms with Gasteiger partial charge in [-0.2, -0.15) is 34.8 Å². The zero-order valence-electron chi connectivity index (χ0n) is 14.9. The van der Waals surface area contributed by atoms with E-state index >= 15 is 0 Å². The molecule has 1 heterocycles. The van der Waals surface area contributed by atoms with Crippen molar-refractivity contribution in [2.45, 2.75) is 82.2 Å². The summed E-state index contributed by atoms with van der Waals surface area (Å²) in [6.45, 7) is 5.30. The Morgan fingerprint density at radius 3 is 1.92 bits per heavy atom. The average molecular weight is 414 g/mol. The van der Waals surface area contributed by atoms with Crippen LogP contribution in [0.15, 0.2) is 0 Å². The first kappa shape index (κ1) is 23.5. The molecule has 0 aromatic heterocycles. The Hall–Kier alpha value is -0.550. The minimum absolute atomic E-state index is 0.100. The first-order valence-electron chi connectivity index (χ1n) is 8.17. The molecule has 0 spiro atoms. The number of rotatable bonds is 6. The molecule has 0 amide bonds. The van der Waals surface area contributed by atoms with Crippen LogP contribution in [0, 0.1) is 11.8 Å². The van der Waals surface area contributed by atoms with Gasteiger partial charge >= 0.3 is 12.4 Å². The Kier molecular flexibility index (Phi) is 6.43. The highest BCUT2D eigenvalue weighted by atomic mass is 32.2. The fourth-order valence-electron chi connectivity index (χ4n) is 3.46. The highest BCUT2D eigenvalue weighted by molar-refractivity contribution is 7.87. The largest absolute Gasteiger partial charge is 0.426 e. The van der Waals surface area contributed by atoms with Crippen molar-refractivity contribution in [1.29, 1.82) is 0 Å². The molecule has 4 nitrogen and oxygen atoms in total. The van der Waals surface area contributed by atoms with E-state index in [-0.39, 0.29) is 19.3 Å². The Morgan fingerprint density at radius 2 is 1.62 bits per heavy atom. The monoisotopic (exact) mass is 414 g/mol. The van der Waals surface area contributed by atoms with Gasteiger partial charge in [0.1, 0.15) is 0 Å². The molecule has 0 bridgehead atoms. The highest BCUT2D eigenvalue weighted by Crippen LogP contribution is 2.50. The molecule has 11 heteroatoms. The topological polar surface area (TPSA) is 63.6 Å². The lowest BCUT2D eigenvalue weighted by atomic mass is 9.78. The minimum atomic E-state index is -5.90. The molecule has 1 aliphatic heterocycles. The first-order chi connectivity index (χ1) is 11.4.